The van der Waals surface area contributed by atoms with Crippen molar-refractivity contribution in [3.05, 3.63) is 100 Å². The Morgan fingerprint density at radius 3 is 2.26 bits per heavy atom. The van der Waals surface area contributed by atoms with Gasteiger partial charge in [-0.3, -0.25) is 9.89 Å². The molecule has 1 atom stereocenters. The number of piperazine rings is 1. The third kappa shape index (κ3) is 6.00. The third-order valence-electron chi connectivity index (χ3n) is 7.11. The second kappa shape index (κ2) is 12.2. The molecule has 186 valence electrons. The maximum Gasteiger partial charge on any atom is 0.123 e. The van der Waals surface area contributed by atoms with Gasteiger partial charge in [0.05, 0.1) is 6.54 Å². The van der Waals surface area contributed by atoms with Crippen molar-refractivity contribution in [1.82, 2.24) is 4.90 Å². The Labute approximate surface area is 224 Å². The zero-order chi connectivity index (χ0) is 22.7. The highest BCUT2D eigenvalue weighted by atomic mass is 35.5. The molecule has 2 aliphatic rings. The molecule has 2 heterocycles. The first-order valence-corrected chi connectivity index (χ1v) is 12.1. The van der Waals surface area contributed by atoms with E-state index >= 15 is 0 Å². The van der Waals surface area contributed by atoms with Crippen molar-refractivity contribution in [3.8, 4) is 0 Å². The van der Waals surface area contributed by atoms with Gasteiger partial charge >= 0.3 is 0 Å². The van der Waals surface area contributed by atoms with Crippen LogP contribution in [0.2, 0.25) is 5.02 Å². The molecule has 7 heteroatoms. The van der Waals surface area contributed by atoms with Crippen LogP contribution in [0.4, 0.5) is 10.1 Å². The summed E-state index contributed by atoms with van der Waals surface area (Å²) in [6.45, 7) is 5.84. The van der Waals surface area contributed by atoms with Gasteiger partial charge in [-0.1, -0.05) is 48.0 Å². The number of anilines is 1. The lowest BCUT2D eigenvalue weighted by Gasteiger charge is -2.39. The second-order valence-electron chi connectivity index (χ2n) is 9.05. The van der Waals surface area contributed by atoms with Gasteiger partial charge in [-0.25, -0.2) is 4.39 Å². The highest BCUT2D eigenvalue weighted by Crippen LogP contribution is 2.41. The van der Waals surface area contributed by atoms with Gasteiger partial charge in [-0.05, 0) is 72.5 Å². The van der Waals surface area contributed by atoms with Gasteiger partial charge in [0.15, 0.2) is 0 Å². The van der Waals surface area contributed by atoms with Crippen molar-refractivity contribution in [3.63, 3.8) is 0 Å². The predicted molar refractivity (Wildman–Crippen MR) is 150 cm³/mol. The molecule has 0 amide bonds. The van der Waals surface area contributed by atoms with Crippen LogP contribution in [0.15, 0.2) is 77.8 Å². The summed E-state index contributed by atoms with van der Waals surface area (Å²) in [6.07, 6.45) is 4.16. The van der Waals surface area contributed by atoms with Gasteiger partial charge in [0.2, 0.25) is 0 Å². The number of halogens is 4. The molecule has 0 spiro atoms. The van der Waals surface area contributed by atoms with Crippen LogP contribution in [-0.4, -0.2) is 50.4 Å². The van der Waals surface area contributed by atoms with Crippen molar-refractivity contribution in [1.29, 1.82) is 0 Å². The van der Waals surface area contributed by atoms with Crippen LogP contribution in [-0.2, 0) is 5.41 Å². The van der Waals surface area contributed by atoms with E-state index in [1.54, 1.807) is 12.1 Å². The molecule has 1 saturated heterocycles. The number of hydrogen-bond donors (Lipinski definition) is 0. The lowest BCUT2D eigenvalue weighted by Crippen LogP contribution is -2.47. The standard InChI is InChI=1S/C28H29ClFN3.2ClH/c29-24-8-6-23(7-9-24)28(21-31-20-22-4-1-2-5-27(22)28)14-3-15-32-16-18-33(19-17-32)26-12-10-25(30)11-13-26;;/h1-2,4-13,20H,3,14-19,21H2;2*1H. The molecule has 3 aromatic rings. The first-order valence-electron chi connectivity index (χ1n) is 11.7. The van der Waals surface area contributed by atoms with Crippen LogP contribution in [0, 0.1) is 5.82 Å². The van der Waals surface area contributed by atoms with Gasteiger partial charge in [0.1, 0.15) is 5.82 Å². The zero-order valence-electron chi connectivity index (χ0n) is 19.6. The fourth-order valence-corrected chi connectivity index (χ4v) is 5.42. The highest BCUT2D eigenvalue weighted by molar-refractivity contribution is 6.30. The van der Waals surface area contributed by atoms with E-state index in [4.69, 9.17) is 16.6 Å². The Morgan fingerprint density at radius 2 is 1.54 bits per heavy atom. The molecule has 0 bridgehead atoms. The summed E-state index contributed by atoms with van der Waals surface area (Å²) in [4.78, 5) is 9.67. The van der Waals surface area contributed by atoms with Crippen LogP contribution in [0.1, 0.15) is 29.5 Å². The number of rotatable bonds is 6. The van der Waals surface area contributed by atoms with E-state index in [2.05, 4.69) is 46.2 Å². The monoisotopic (exact) mass is 533 g/mol. The SMILES string of the molecule is Cl.Cl.Fc1ccc(N2CCN(CCCC3(c4ccc(Cl)cc4)CN=Cc4ccccc43)CC2)cc1. The molecule has 0 aliphatic carbocycles. The minimum absolute atomic E-state index is 0. The topological polar surface area (TPSA) is 18.8 Å². The largest absolute Gasteiger partial charge is 0.369 e. The average Bonchev–Trinajstić information content (AvgIpc) is 2.85. The van der Waals surface area contributed by atoms with Gasteiger partial charge < -0.3 is 4.90 Å². The Bertz CT molecular complexity index is 1110. The van der Waals surface area contributed by atoms with Crippen LogP contribution < -0.4 is 4.90 Å². The first kappa shape index (κ1) is 27.5. The molecule has 2 aliphatic heterocycles. The minimum atomic E-state index is -0.180. The summed E-state index contributed by atoms with van der Waals surface area (Å²) in [5, 5.41) is 0.764. The summed E-state index contributed by atoms with van der Waals surface area (Å²) in [5.74, 6) is -0.180. The maximum atomic E-state index is 13.2. The van der Waals surface area contributed by atoms with Gasteiger partial charge in [-0.15, -0.1) is 24.8 Å². The van der Waals surface area contributed by atoms with E-state index < -0.39 is 0 Å². The molecule has 0 saturated carbocycles. The van der Waals surface area contributed by atoms with Crippen LogP contribution in [0.5, 0.6) is 0 Å². The quantitative estimate of drug-likeness (QED) is 0.353. The number of fused-ring (bicyclic) bond motifs is 1. The fraction of sp³-hybridized carbons (Fsp3) is 0.321. The Hall–Kier alpha value is -2.11. The molecule has 5 rings (SSSR count). The molecule has 3 nitrogen and oxygen atoms in total. The molecule has 0 aromatic heterocycles. The van der Waals surface area contributed by atoms with Crippen molar-refractivity contribution in [2.75, 3.05) is 44.2 Å². The Morgan fingerprint density at radius 1 is 0.857 bits per heavy atom. The van der Waals surface area contributed by atoms with E-state index in [1.807, 2.05) is 30.5 Å². The Balaban J connectivity index is 0.00000171. The minimum Gasteiger partial charge on any atom is -0.369 e. The molecule has 3 aromatic carbocycles. The number of hydrogen-bond acceptors (Lipinski definition) is 3. The van der Waals surface area contributed by atoms with Gasteiger partial charge in [0, 0.05) is 48.5 Å². The lowest BCUT2D eigenvalue weighted by atomic mass is 9.69. The summed E-state index contributed by atoms with van der Waals surface area (Å²) in [5.41, 5.74) is 4.85. The van der Waals surface area contributed by atoms with Crippen LogP contribution in [0.25, 0.3) is 0 Å². The number of nitrogens with zero attached hydrogens (tertiary/aromatic N) is 3. The van der Waals surface area contributed by atoms with E-state index in [9.17, 15) is 4.39 Å². The maximum absolute atomic E-state index is 13.2. The van der Waals surface area contributed by atoms with Crippen LogP contribution in [0.3, 0.4) is 0 Å². The average molecular weight is 535 g/mol. The molecule has 0 N–H and O–H groups in total. The second-order valence-corrected chi connectivity index (χ2v) is 9.49. The van der Waals surface area contributed by atoms with Gasteiger partial charge in [0.25, 0.3) is 0 Å². The predicted octanol–water partition coefficient (Wildman–Crippen LogP) is 6.64. The fourth-order valence-electron chi connectivity index (χ4n) is 5.29. The smallest absolute Gasteiger partial charge is 0.123 e. The molecule has 1 unspecified atom stereocenters. The number of aliphatic imine (C=N–C) groups is 1. The summed E-state index contributed by atoms with van der Waals surface area (Å²) < 4.78 is 13.2. The highest BCUT2D eigenvalue weighted by Gasteiger charge is 2.37. The van der Waals surface area contributed by atoms with E-state index in [0.29, 0.717) is 0 Å². The number of benzene rings is 3. The van der Waals surface area contributed by atoms with E-state index in [0.717, 1.165) is 62.8 Å². The summed E-state index contributed by atoms with van der Waals surface area (Å²) in [7, 11) is 0. The molecular weight excluding hydrogens is 504 g/mol. The molecular formula is C28H31Cl3FN3. The van der Waals surface area contributed by atoms with Crippen molar-refractivity contribution in [2.24, 2.45) is 4.99 Å². The molecule has 1 fully saturated rings. The van der Waals surface area contributed by atoms with Crippen molar-refractivity contribution in [2.45, 2.75) is 18.3 Å². The molecule has 35 heavy (non-hydrogen) atoms. The normalized spacial score (nSPS) is 19.4. The lowest BCUT2D eigenvalue weighted by molar-refractivity contribution is 0.245. The van der Waals surface area contributed by atoms with Gasteiger partial charge in [-0.2, -0.15) is 0 Å². The zero-order valence-corrected chi connectivity index (χ0v) is 22.0. The van der Waals surface area contributed by atoms with Crippen molar-refractivity contribution >= 4 is 48.3 Å². The first-order chi connectivity index (χ1) is 16.1. The Kier molecular flexibility index (Phi) is 9.60. The van der Waals surface area contributed by atoms with Crippen molar-refractivity contribution < 1.29 is 4.39 Å². The third-order valence-corrected chi connectivity index (χ3v) is 7.36. The van der Waals surface area contributed by atoms with E-state index in [1.165, 1.54) is 16.7 Å². The van der Waals surface area contributed by atoms with E-state index in [-0.39, 0.29) is 36.0 Å². The molecule has 0 radical (unpaired) electrons. The van der Waals surface area contributed by atoms with Crippen LogP contribution >= 0.6 is 36.4 Å². The summed E-state index contributed by atoms with van der Waals surface area (Å²) in [6, 6.07) is 23.8. The summed E-state index contributed by atoms with van der Waals surface area (Å²) >= 11 is 6.21.